The van der Waals surface area contributed by atoms with Gasteiger partial charge in [-0.15, -0.1) is 5.06 Å². The van der Waals surface area contributed by atoms with E-state index in [9.17, 15) is 9.59 Å². The van der Waals surface area contributed by atoms with Gasteiger partial charge in [-0.05, 0) is 6.42 Å². The van der Waals surface area contributed by atoms with Crippen molar-refractivity contribution in [2.75, 3.05) is 6.54 Å². The van der Waals surface area contributed by atoms with Crippen LogP contribution in [0.15, 0.2) is 0 Å². The van der Waals surface area contributed by atoms with Gasteiger partial charge in [-0.2, -0.15) is 10.4 Å². The summed E-state index contributed by atoms with van der Waals surface area (Å²) in [7, 11) is 0. The minimum Gasteiger partial charge on any atom is -0.272 e. The third kappa shape index (κ3) is 3.08. The molecule has 1 aliphatic rings. The van der Waals surface area contributed by atoms with E-state index < -0.39 is 0 Å². The van der Waals surface area contributed by atoms with Crippen LogP contribution in [0.5, 0.6) is 0 Å². The predicted molar refractivity (Wildman–Crippen MR) is 49.7 cm³/mol. The van der Waals surface area contributed by atoms with E-state index in [2.05, 4.69) is 12.4 Å². The van der Waals surface area contributed by atoms with Crippen molar-refractivity contribution in [2.24, 2.45) is 0 Å². The lowest BCUT2D eigenvalue weighted by atomic mass is 10.3. The van der Waals surface area contributed by atoms with Crippen molar-refractivity contribution >= 4 is 11.8 Å². The summed E-state index contributed by atoms with van der Waals surface area (Å²) in [4.78, 5) is 26.9. The van der Waals surface area contributed by atoms with Crippen LogP contribution in [0, 0.1) is 0 Å². The molecule has 2 amide bonds. The SMILES string of the molecule is CCCCCNON1C(=O)CCC1=O. The van der Waals surface area contributed by atoms with E-state index in [0.717, 1.165) is 24.3 Å². The summed E-state index contributed by atoms with van der Waals surface area (Å²) in [6.07, 6.45) is 3.74. The Morgan fingerprint density at radius 3 is 2.50 bits per heavy atom. The Bertz CT molecular complexity index is 202. The number of hydrogen-bond acceptors (Lipinski definition) is 4. The van der Waals surface area contributed by atoms with Crippen molar-refractivity contribution in [3.63, 3.8) is 0 Å². The molecular formula is C9H16N2O3. The van der Waals surface area contributed by atoms with E-state index in [0.29, 0.717) is 6.54 Å². The number of carbonyl (C=O) groups excluding carboxylic acids is 2. The highest BCUT2D eigenvalue weighted by molar-refractivity contribution is 6.00. The Labute approximate surface area is 83.3 Å². The monoisotopic (exact) mass is 200 g/mol. The normalized spacial score (nSPS) is 16.8. The van der Waals surface area contributed by atoms with Crippen LogP contribution < -0.4 is 5.48 Å². The van der Waals surface area contributed by atoms with Crippen LogP contribution in [-0.2, 0) is 14.5 Å². The highest BCUT2D eigenvalue weighted by atomic mass is 16.8. The van der Waals surface area contributed by atoms with Crippen LogP contribution in [0.1, 0.15) is 39.0 Å². The molecule has 80 valence electrons. The molecule has 0 aliphatic carbocycles. The maximum absolute atomic E-state index is 11.0. The largest absolute Gasteiger partial charge is 0.272 e. The minimum absolute atomic E-state index is 0.259. The lowest BCUT2D eigenvalue weighted by Gasteiger charge is -2.12. The van der Waals surface area contributed by atoms with E-state index in [4.69, 9.17) is 4.94 Å². The summed E-state index contributed by atoms with van der Waals surface area (Å²) in [6, 6.07) is 0. The van der Waals surface area contributed by atoms with Crippen molar-refractivity contribution < 1.29 is 14.5 Å². The number of carbonyl (C=O) groups is 2. The first kappa shape index (κ1) is 11.1. The Morgan fingerprint density at radius 1 is 1.29 bits per heavy atom. The summed E-state index contributed by atoms with van der Waals surface area (Å²) in [6.45, 7) is 2.76. The van der Waals surface area contributed by atoms with Crippen LogP contribution >= 0.6 is 0 Å². The molecule has 1 saturated heterocycles. The van der Waals surface area contributed by atoms with Gasteiger partial charge in [0.1, 0.15) is 0 Å². The summed E-state index contributed by atoms with van der Waals surface area (Å²) >= 11 is 0. The zero-order chi connectivity index (χ0) is 10.4. The van der Waals surface area contributed by atoms with Crippen molar-refractivity contribution in [1.29, 1.82) is 0 Å². The van der Waals surface area contributed by atoms with E-state index in [1.165, 1.54) is 0 Å². The molecule has 5 nitrogen and oxygen atoms in total. The molecule has 1 aliphatic heterocycles. The summed E-state index contributed by atoms with van der Waals surface area (Å²) in [5.74, 6) is -0.531. The zero-order valence-corrected chi connectivity index (χ0v) is 8.41. The average Bonchev–Trinajstić information content (AvgIpc) is 2.48. The Morgan fingerprint density at radius 2 is 1.93 bits per heavy atom. The summed E-state index contributed by atoms with van der Waals surface area (Å²) in [5.41, 5.74) is 2.61. The third-order valence-corrected chi connectivity index (χ3v) is 2.04. The molecule has 0 bridgehead atoms. The number of imide groups is 1. The number of amides is 2. The first-order chi connectivity index (χ1) is 6.75. The second-order valence-electron chi connectivity index (χ2n) is 3.27. The predicted octanol–water partition coefficient (Wildman–Crippen LogP) is 0.762. The van der Waals surface area contributed by atoms with E-state index in [-0.39, 0.29) is 24.7 Å². The first-order valence-electron chi connectivity index (χ1n) is 5.01. The number of hydroxylamine groups is 3. The third-order valence-electron chi connectivity index (χ3n) is 2.04. The fraction of sp³-hybridized carbons (Fsp3) is 0.778. The van der Waals surface area contributed by atoms with E-state index >= 15 is 0 Å². The van der Waals surface area contributed by atoms with Crippen LogP contribution in [0.4, 0.5) is 0 Å². The molecular weight excluding hydrogens is 184 g/mol. The van der Waals surface area contributed by atoms with Gasteiger partial charge >= 0.3 is 0 Å². The second kappa shape index (κ2) is 5.72. The first-order valence-corrected chi connectivity index (χ1v) is 5.01. The Balaban J connectivity index is 2.11. The molecule has 1 rings (SSSR count). The number of hydrogen-bond donors (Lipinski definition) is 1. The van der Waals surface area contributed by atoms with E-state index in [1.54, 1.807) is 0 Å². The Hall–Kier alpha value is -0.940. The van der Waals surface area contributed by atoms with Crippen molar-refractivity contribution in [1.82, 2.24) is 10.5 Å². The summed E-state index contributed by atoms with van der Waals surface area (Å²) < 4.78 is 0. The molecule has 14 heavy (non-hydrogen) atoms. The van der Waals surface area contributed by atoms with Gasteiger partial charge in [-0.1, -0.05) is 19.8 Å². The van der Waals surface area contributed by atoms with Crippen molar-refractivity contribution in [3.8, 4) is 0 Å². The molecule has 0 radical (unpaired) electrons. The van der Waals surface area contributed by atoms with Gasteiger partial charge in [0.15, 0.2) is 0 Å². The van der Waals surface area contributed by atoms with Gasteiger partial charge in [-0.25, -0.2) is 0 Å². The minimum atomic E-state index is -0.266. The number of rotatable bonds is 6. The lowest BCUT2D eigenvalue weighted by molar-refractivity contribution is -0.208. The summed E-state index contributed by atoms with van der Waals surface area (Å²) in [5, 5.41) is 0.811. The van der Waals surface area contributed by atoms with Gasteiger partial charge < -0.3 is 0 Å². The fourth-order valence-electron chi connectivity index (χ4n) is 1.22. The van der Waals surface area contributed by atoms with Gasteiger partial charge in [0.2, 0.25) is 0 Å². The van der Waals surface area contributed by atoms with Crippen LogP contribution in [0.3, 0.4) is 0 Å². The molecule has 0 spiro atoms. The van der Waals surface area contributed by atoms with E-state index in [1.807, 2.05) is 0 Å². The molecule has 0 aromatic carbocycles. The van der Waals surface area contributed by atoms with Crippen LogP contribution in [-0.4, -0.2) is 23.4 Å². The highest BCUT2D eigenvalue weighted by Crippen LogP contribution is 2.10. The maximum Gasteiger partial charge on any atom is 0.255 e. The second-order valence-corrected chi connectivity index (χ2v) is 3.27. The molecule has 1 N–H and O–H groups in total. The average molecular weight is 200 g/mol. The molecule has 0 aromatic heterocycles. The quantitative estimate of drug-likeness (QED) is 0.391. The molecule has 1 fully saturated rings. The number of unbranched alkanes of at least 4 members (excludes halogenated alkanes) is 2. The molecule has 0 saturated carbocycles. The van der Waals surface area contributed by atoms with Gasteiger partial charge in [0.05, 0.1) is 0 Å². The zero-order valence-electron chi connectivity index (χ0n) is 8.41. The smallest absolute Gasteiger partial charge is 0.255 e. The van der Waals surface area contributed by atoms with Gasteiger partial charge in [0.25, 0.3) is 11.8 Å². The molecule has 0 aromatic rings. The molecule has 0 unspecified atom stereocenters. The number of nitrogens with zero attached hydrogens (tertiary/aromatic N) is 1. The van der Waals surface area contributed by atoms with Crippen LogP contribution in [0.25, 0.3) is 0 Å². The topological polar surface area (TPSA) is 58.6 Å². The maximum atomic E-state index is 11.0. The Kier molecular flexibility index (Phi) is 4.55. The highest BCUT2D eigenvalue weighted by Gasteiger charge is 2.30. The van der Waals surface area contributed by atoms with Crippen LogP contribution in [0.2, 0.25) is 0 Å². The molecule has 0 atom stereocenters. The molecule has 1 heterocycles. The fourth-order valence-corrected chi connectivity index (χ4v) is 1.22. The van der Waals surface area contributed by atoms with Crippen molar-refractivity contribution in [2.45, 2.75) is 39.0 Å². The lowest BCUT2D eigenvalue weighted by Crippen LogP contribution is -2.35. The molecule has 5 heteroatoms. The van der Waals surface area contributed by atoms with Crippen molar-refractivity contribution in [3.05, 3.63) is 0 Å². The van der Waals surface area contributed by atoms with Gasteiger partial charge in [0, 0.05) is 19.4 Å². The van der Waals surface area contributed by atoms with Gasteiger partial charge in [-0.3, -0.25) is 9.59 Å². The standard InChI is InChI=1S/C9H16N2O3/c1-2-3-4-7-10-14-11-8(12)5-6-9(11)13/h10H,2-7H2,1H3. The number of nitrogens with one attached hydrogen (secondary N) is 1.